The van der Waals surface area contributed by atoms with Crippen LogP contribution >= 0.6 is 0 Å². The van der Waals surface area contributed by atoms with Gasteiger partial charge in [0, 0.05) is 17.0 Å². The Morgan fingerprint density at radius 2 is 1.60 bits per heavy atom. The molecule has 0 atom stereocenters. The molecule has 0 saturated carbocycles. The van der Waals surface area contributed by atoms with Crippen molar-refractivity contribution in [2.24, 2.45) is 0 Å². The number of aromatic nitrogens is 2. The summed E-state index contributed by atoms with van der Waals surface area (Å²) in [5, 5.41) is 0. The summed E-state index contributed by atoms with van der Waals surface area (Å²) in [5.74, 6) is -0.0383. The number of carbonyl (C=O) groups is 2. The molecule has 1 heterocycles. The predicted octanol–water partition coefficient (Wildman–Crippen LogP) is 3.61. The van der Waals surface area contributed by atoms with Crippen LogP contribution in [0.5, 0.6) is 0 Å². The van der Waals surface area contributed by atoms with Crippen LogP contribution in [0.1, 0.15) is 60.3 Å². The van der Waals surface area contributed by atoms with Crippen LogP contribution < -0.4 is 0 Å². The SMILES string of the molecule is CC.CC(C)c1nc2c([nH]1)C(=O)C(=O)c1ccccc1-2. The Kier molecular flexibility index (Phi) is 3.84. The number of nitrogens with zero attached hydrogens (tertiary/aromatic N) is 1. The van der Waals surface area contributed by atoms with Gasteiger partial charge in [-0.3, -0.25) is 9.59 Å². The minimum absolute atomic E-state index is 0.186. The standard InChI is InChI=1S/C14H12N2O2.C2H6/c1-7(2)14-15-10-8-5-3-4-6-9(8)12(17)13(18)11(10)16-14;1-2/h3-7H,1-2H3,(H,15,16);1-2H3. The molecule has 0 unspecified atom stereocenters. The minimum atomic E-state index is -0.497. The molecule has 20 heavy (non-hydrogen) atoms. The number of carbonyl (C=O) groups excluding carboxylic acids is 2. The van der Waals surface area contributed by atoms with Gasteiger partial charge in [-0.1, -0.05) is 52.0 Å². The average molecular weight is 270 g/mol. The van der Waals surface area contributed by atoms with Gasteiger partial charge >= 0.3 is 0 Å². The van der Waals surface area contributed by atoms with E-state index in [4.69, 9.17) is 0 Å². The van der Waals surface area contributed by atoms with Gasteiger partial charge in [-0.2, -0.15) is 0 Å². The van der Waals surface area contributed by atoms with Crippen molar-refractivity contribution in [1.82, 2.24) is 9.97 Å². The highest BCUT2D eigenvalue weighted by Gasteiger charge is 2.33. The lowest BCUT2D eigenvalue weighted by atomic mass is 9.90. The van der Waals surface area contributed by atoms with Crippen LogP contribution in [0.25, 0.3) is 11.3 Å². The largest absolute Gasteiger partial charge is 0.338 e. The molecule has 0 radical (unpaired) electrons. The molecule has 0 spiro atoms. The van der Waals surface area contributed by atoms with E-state index in [9.17, 15) is 9.59 Å². The number of imidazole rings is 1. The Bertz CT molecular complexity index is 669. The van der Waals surface area contributed by atoms with Crippen molar-refractivity contribution in [2.45, 2.75) is 33.6 Å². The van der Waals surface area contributed by atoms with Gasteiger partial charge in [0.2, 0.25) is 5.78 Å². The first-order valence-electron chi connectivity index (χ1n) is 6.88. The summed E-state index contributed by atoms with van der Waals surface area (Å²) in [7, 11) is 0. The monoisotopic (exact) mass is 270 g/mol. The Balaban J connectivity index is 0.000000704. The Hall–Kier alpha value is -2.23. The van der Waals surface area contributed by atoms with E-state index >= 15 is 0 Å². The molecule has 104 valence electrons. The predicted molar refractivity (Wildman–Crippen MR) is 78.1 cm³/mol. The van der Waals surface area contributed by atoms with Crippen molar-refractivity contribution in [3.05, 3.63) is 41.3 Å². The highest BCUT2D eigenvalue weighted by molar-refractivity contribution is 6.52. The number of fused-ring (bicyclic) bond motifs is 3. The summed E-state index contributed by atoms with van der Waals surface area (Å²) < 4.78 is 0. The number of benzene rings is 1. The van der Waals surface area contributed by atoms with Crippen LogP contribution in [-0.4, -0.2) is 21.5 Å². The first-order chi connectivity index (χ1) is 9.59. The second-order valence-corrected chi connectivity index (χ2v) is 4.70. The molecular weight excluding hydrogens is 252 g/mol. The number of nitrogens with one attached hydrogen (secondary N) is 1. The van der Waals surface area contributed by atoms with E-state index in [1.54, 1.807) is 12.1 Å². The first kappa shape index (κ1) is 14.2. The zero-order valence-corrected chi connectivity index (χ0v) is 12.2. The van der Waals surface area contributed by atoms with Gasteiger partial charge in [-0.05, 0) is 0 Å². The summed E-state index contributed by atoms with van der Waals surface area (Å²) in [6, 6.07) is 7.09. The molecule has 1 aromatic carbocycles. The van der Waals surface area contributed by atoms with Gasteiger partial charge in [-0.25, -0.2) is 4.98 Å². The molecule has 0 aliphatic heterocycles. The zero-order chi connectivity index (χ0) is 14.9. The maximum absolute atomic E-state index is 12.0. The Labute approximate surface area is 118 Å². The lowest BCUT2D eigenvalue weighted by Gasteiger charge is -2.11. The lowest BCUT2D eigenvalue weighted by Crippen LogP contribution is -2.21. The molecule has 3 rings (SSSR count). The van der Waals surface area contributed by atoms with Crippen LogP contribution in [0.3, 0.4) is 0 Å². The van der Waals surface area contributed by atoms with Gasteiger partial charge in [0.25, 0.3) is 5.78 Å². The molecule has 1 aliphatic rings. The van der Waals surface area contributed by atoms with Crippen molar-refractivity contribution in [1.29, 1.82) is 0 Å². The molecule has 0 fully saturated rings. The quantitative estimate of drug-likeness (QED) is 0.805. The number of Topliss-reactive ketones (excluding diaryl/α,β-unsaturated/α-hetero) is 2. The minimum Gasteiger partial charge on any atom is -0.338 e. The second-order valence-electron chi connectivity index (χ2n) is 4.70. The van der Waals surface area contributed by atoms with Gasteiger partial charge in [0.1, 0.15) is 17.2 Å². The topological polar surface area (TPSA) is 62.8 Å². The molecule has 2 aromatic rings. The number of ketones is 2. The highest BCUT2D eigenvalue weighted by atomic mass is 16.2. The van der Waals surface area contributed by atoms with E-state index in [0.717, 1.165) is 11.4 Å². The molecule has 4 heteroatoms. The van der Waals surface area contributed by atoms with E-state index in [0.29, 0.717) is 17.0 Å². The van der Waals surface area contributed by atoms with E-state index in [1.807, 2.05) is 39.8 Å². The molecule has 1 aromatic heterocycles. The fraction of sp³-hybridized carbons (Fsp3) is 0.312. The van der Waals surface area contributed by atoms with E-state index in [-0.39, 0.29) is 5.92 Å². The van der Waals surface area contributed by atoms with E-state index in [1.165, 1.54) is 0 Å². The second kappa shape index (κ2) is 5.41. The van der Waals surface area contributed by atoms with Crippen molar-refractivity contribution in [3.63, 3.8) is 0 Å². The zero-order valence-electron chi connectivity index (χ0n) is 12.2. The fourth-order valence-corrected chi connectivity index (χ4v) is 2.15. The first-order valence-corrected chi connectivity index (χ1v) is 6.88. The fourth-order valence-electron chi connectivity index (χ4n) is 2.15. The third-order valence-electron chi connectivity index (χ3n) is 3.13. The number of H-pyrrole nitrogens is 1. The van der Waals surface area contributed by atoms with Crippen LogP contribution in [0, 0.1) is 0 Å². The molecule has 0 bridgehead atoms. The van der Waals surface area contributed by atoms with Gasteiger partial charge in [0.15, 0.2) is 0 Å². The van der Waals surface area contributed by atoms with Crippen molar-refractivity contribution in [3.8, 4) is 11.3 Å². The van der Waals surface area contributed by atoms with Crippen molar-refractivity contribution in [2.75, 3.05) is 0 Å². The summed E-state index contributed by atoms with van der Waals surface area (Å²) >= 11 is 0. The van der Waals surface area contributed by atoms with Gasteiger partial charge in [-0.15, -0.1) is 0 Å². The summed E-state index contributed by atoms with van der Waals surface area (Å²) in [6.45, 7) is 7.98. The summed E-state index contributed by atoms with van der Waals surface area (Å²) in [6.07, 6.45) is 0. The van der Waals surface area contributed by atoms with Crippen molar-refractivity contribution < 1.29 is 9.59 Å². The lowest BCUT2D eigenvalue weighted by molar-refractivity contribution is 0.0812. The number of hydrogen-bond acceptors (Lipinski definition) is 3. The van der Waals surface area contributed by atoms with Crippen LogP contribution in [0.2, 0.25) is 0 Å². The molecular formula is C16H18N2O2. The van der Waals surface area contributed by atoms with Gasteiger partial charge in [0.05, 0.1) is 0 Å². The van der Waals surface area contributed by atoms with Gasteiger partial charge < -0.3 is 4.98 Å². The third-order valence-corrected chi connectivity index (χ3v) is 3.13. The maximum atomic E-state index is 12.0. The maximum Gasteiger partial charge on any atom is 0.251 e. The highest BCUT2D eigenvalue weighted by Crippen LogP contribution is 2.32. The molecule has 1 aliphatic carbocycles. The van der Waals surface area contributed by atoms with Crippen LogP contribution in [-0.2, 0) is 0 Å². The third kappa shape index (κ3) is 2.07. The summed E-state index contributed by atoms with van der Waals surface area (Å²) in [4.78, 5) is 31.4. The van der Waals surface area contributed by atoms with E-state index < -0.39 is 11.6 Å². The smallest absolute Gasteiger partial charge is 0.251 e. The van der Waals surface area contributed by atoms with Crippen LogP contribution in [0.4, 0.5) is 0 Å². The number of aromatic amines is 1. The van der Waals surface area contributed by atoms with E-state index in [2.05, 4.69) is 9.97 Å². The Morgan fingerprint density at radius 3 is 2.20 bits per heavy atom. The summed E-state index contributed by atoms with van der Waals surface area (Å²) in [5.41, 5.74) is 2.10. The average Bonchev–Trinajstić information content (AvgIpc) is 2.93. The molecule has 0 saturated heterocycles. The Morgan fingerprint density at radius 1 is 1.00 bits per heavy atom. The molecule has 0 amide bonds. The normalized spacial score (nSPS) is 12.7. The molecule has 1 N–H and O–H groups in total. The van der Waals surface area contributed by atoms with Crippen LogP contribution in [0.15, 0.2) is 24.3 Å². The van der Waals surface area contributed by atoms with Crippen molar-refractivity contribution >= 4 is 11.6 Å². The number of rotatable bonds is 1. The molecule has 4 nitrogen and oxygen atoms in total. The number of hydrogen-bond donors (Lipinski definition) is 1.